The van der Waals surface area contributed by atoms with Gasteiger partial charge in [0.25, 0.3) is 5.95 Å². The van der Waals surface area contributed by atoms with Gasteiger partial charge >= 0.3 is 0 Å². The Morgan fingerprint density at radius 3 is 2.63 bits per heavy atom. The second-order valence-electron chi connectivity index (χ2n) is 8.12. The van der Waals surface area contributed by atoms with Crippen molar-refractivity contribution in [1.82, 2.24) is 15.0 Å². The molecule has 0 unspecified atom stereocenters. The molecule has 0 N–H and O–H groups in total. The molecule has 5 heterocycles. The van der Waals surface area contributed by atoms with E-state index >= 15 is 0 Å². The number of ether oxygens (including phenoxy) is 1. The molecule has 4 saturated heterocycles. The Kier molecular flexibility index (Phi) is 4.31. The fraction of sp³-hybridized carbons (Fsp3) is 0.619. The maximum absolute atomic E-state index is 5.52. The number of piperidine rings is 3. The highest BCUT2D eigenvalue weighted by Gasteiger charge is 2.54. The van der Waals surface area contributed by atoms with Crippen LogP contribution in [-0.2, 0) is 6.42 Å². The van der Waals surface area contributed by atoms with Crippen molar-refractivity contribution in [3.05, 3.63) is 35.7 Å². The Balaban J connectivity index is 1.49. The molecular weight excluding hydrogens is 340 g/mol. The lowest BCUT2D eigenvalue weighted by Crippen LogP contribution is -2.60. The average Bonchev–Trinajstić information content (AvgIpc) is 3.35. The van der Waals surface area contributed by atoms with Crippen molar-refractivity contribution in [2.75, 3.05) is 31.6 Å². The summed E-state index contributed by atoms with van der Waals surface area (Å²) in [4.78, 5) is 9.87. The Bertz CT molecular complexity index is 782. The van der Waals surface area contributed by atoms with Crippen LogP contribution in [-0.4, -0.2) is 53.9 Å². The van der Waals surface area contributed by atoms with E-state index in [2.05, 4.69) is 46.1 Å². The number of rotatable bonds is 5. The molecule has 0 aliphatic carbocycles. The van der Waals surface area contributed by atoms with Gasteiger partial charge in [-0.2, -0.15) is 4.98 Å². The van der Waals surface area contributed by atoms with E-state index in [1.807, 2.05) is 0 Å². The van der Waals surface area contributed by atoms with E-state index in [0.717, 1.165) is 42.9 Å². The molecule has 4 aliphatic rings. The van der Waals surface area contributed by atoms with Gasteiger partial charge in [0.05, 0.1) is 13.2 Å². The Morgan fingerprint density at radius 1 is 1.15 bits per heavy atom. The number of anilines is 1. The number of nitrogens with zero attached hydrogens (tertiary/aromatic N) is 4. The molecule has 3 atom stereocenters. The van der Waals surface area contributed by atoms with Crippen molar-refractivity contribution >= 4 is 5.95 Å². The molecule has 6 nitrogen and oxygen atoms in total. The highest BCUT2D eigenvalue weighted by Crippen LogP contribution is 2.47. The van der Waals surface area contributed by atoms with Gasteiger partial charge in [-0.1, -0.05) is 19.1 Å². The summed E-state index contributed by atoms with van der Waals surface area (Å²) in [6, 6.07) is 9.65. The van der Waals surface area contributed by atoms with Crippen molar-refractivity contribution in [2.45, 2.75) is 50.6 Å². The molecule has 4 fully saturated rings. The predicted octanol–water partition coefficient (Wildman–Crippen LogP) is 3.10. The van der Waals surface area contributed by atoms with Crippen LogP contribution in [0, 0.1) is 5.92 Å². The highest BCUT2D eigenvalue weighted by molar-refractivity contribution is 5.42. The van der Waals surface area contributed by atoms with Crippen LogP contribution >= 0.6 is 0 Å². The van der Waals surface area contributed by atoms with Gasteiger partial charge in [0.15, 0.2) is 0 Å². The first kappa shape index (κ1) is 17.0. The Labute approximate surface area is 160 Å². The van der Waals surface area contributed by atoms with Crippen LogP contribution in [0.15, 0.2) is 28.8 Å². The molecule has 0 radical (unpaired) electrons. The highest BCUT2D eigenvalue weighted by atomic mass is 16.5. The lowest BCUT2D eigenvalue weighted by atomic mass is 9.75. The van der Waals surface area contributed by atoms with E-state index in [4.69, 9.17) is 14.2 Å². The van der Waals surface area contributed by atoms with Crippen LogP contribution in [0.1, 0.15) is 43.6 Å². The van der Waals surface area contributed by atoms with Crippen LogP contribution in [0.25, 0.3) is 0 Å². The molecule has 2 bridgehead atoms. The zero-order chi connectivity index (χ0) is 18.4. The number of aromatic nitrogens is 2. The van der Waals surface area contributed by atoms with E-state index in [1.165, 1.54) is 31.5 Å². The van der Waals surface area contributed by atoms with Gasteiger partial charge in [0, 0.05) is 24.9 Å². The van der Waals surface area contributed by atoms with E-state index in [9.17, 15) is 0 Å². The van der Waals surface area contributed by atoms with Gasteiger partial charge in [0.2, 0.25) is 5.89 Å². The average molecular weight is 368 g/mol. The normalized spacial score (nSPS) is 31.9. The van der Waals surface area contributed by atoms with E-state index in [1.54, 1.807) is 7.11 Å². The minimum absolute atomic E-state index is 0.470. The van der Waals surface area contributed by atoms with Crippen LogP contribution in [0.2, 0.25) is 0 Å². The van der Waals surface area contributed by atoms with Gasteiger partial charge in [0.1, 0.15) is 5.75 Å². The molecule has 1 aromatic heterocycles. The molecule has 0 amide bonds. The third-order valence-electron chi connectivity index (χ3n) is 6.72. The minimum Gasteiger partial charge on any atom is -0.497 e. The van der Waals surface area contributed by atoms with Gasteiger partial charge in [-0.3, -0.25) is 4.90 Å². The van der Waals surface area contributed by atoms with Crippen LogP contribution in [0.3, 0.4) is 0 Å². The standard InChI is InChI=1S/C21H28N4O2/c1-3-4-18-22-21(23-27-18)25-13-17(14-5-7-16(26-2)8-6-14)20-19(25)15-9-11-24(20)12-10-15/h5-8,15,17,19-20H,3-4,9-13H2,1-2H3/t17-,19+,20+/m0/s1. The molecule has 1 aromatic carbocycles. The number of benzene rings is 1. The largest absolute Gasteiger partial charge is 0.497 e. The van der Waals surface area contributed by atoms with E-state index < -0.39 is 0 Å². The summed E-state index contributed by atoms with van der Waals surface area (Å²) < 4.78 is 10.9. The topological polar surface area (TPSA) is 54.6 Å². The van der Waals surface area contributed by atoms with Crippen molar-refractivity contribution in [3.8, 4) is 5.75 Å². The molecule has 4 aliphatic heterocycles. The number of fused-ring (bicyclic) bond motifs is 2. The van der Waals surface area contributed by atoms with Gasteiger partial charge < -0.3 is 14.2 Å². The second kappa shape index (κ2) is 6.82. The van der Waals surface area contributed by atoms with Crippen LogP contribution < -0.4 is 9.64 Å². The number of methoxy groups -OCH3 is 1. The first-order valence-electron chi connectivity index (χ1n) is 10.3. The molecule has 144 valence electrons. The first-order valence-corrected chi connectivity index (χ1v) is 10.3. The van der Waals surface area contributed by atoms with Crippen molar-refractivity contribution in [3.63, 3.8) is 0 Å². The number of aryl methyl sites for hydroxylation is 1. The lowest BCUT2D eigenvalue weighted by molar-refractivity contribution is 0.0352. The SMILES string of the molecule is CCCc1nc(N2C[C@@H](c3ccc(OC)cc3)[C@@H]3[C@H]2C2CCN3CC2)no1. The zero-order valence-electron chi connectivity index (χ0n) is 16.2. The maximum Gasteiger partial charge on any atom is 0.266 e. The number of hydrogen-bond donors (Lipinski definition) is 0. The summed E-state index contributed by atoms with van der Waals surface area (Å²) >= 11 is 0. The smallest absolute Gasteiger partial charge is 0.266 e. The fourth-order valence-corrected chi connectivity index (χ4v) is 5.47. The molecule has 6 rings (SSSR count). The fourth-order valence-electron chi connectivity index (χ4n) is 5.47. The molecule has 0 spiro atoms. The van der Waals surface area contributed by atoms with Crippen molar-refractivity contribution in [1.29, 1.82) is 0 Å². The zero-order valence-corrected chi connectivity index (χ0v) is 16.2. The Morgan fingerprint density at radius 2 is 1.93 bits per heavy atom. The summed E-state index contributed by atoms with van der Waals surface area (Å²) in [5, 5.41) is 4.35. The molecular formula is C21H28N4O2. The second-order valence-corrected chi connectivity index (χ2v) is 8.12. The Hall–Kier alpha value is -2.08. The van der Waals surface area contributed by atoms with E-state index in [-0.39, 0.29) is 0 Å². The summed E-state index contributed by atoms with van der Waals surface area (Å²) in [6.45, 7) is 5.54. The third-order valence-corrected chi connectivity index (χ3v) is 6.72. The van der Waals surface area contributed by atoms with Crippen LogP contribution in [0.5, 0.6) is 5.75 Å². The van der Waals surface area contributed by atoms with Gasteiger partial charge in [-0.05, 0) is 61.1 Å². The van der Waals surface area contributed by atoms with Crippen molar-refractivity contribution < 1.29 is 9.26 Å². The minimum atomic E-state index is 0.470. The summed E-state index contributed by atoms with van der Waals surface area (Å²) in [6.07, 6.45) is 4.45. The molecule has 2 aromatic rings. The first-order chi connectivity index (χ1) is 13.3. The van der Waals surface area contributed by atoms with Crippen molar-refractivity contribution in [2.24, 2.45) is 5.92 Å². The number of hydrogen-bond acceptors (Lipinski definition) is 6. The van der Waals surface area contributed by atoms with Gasteiger partial charge in [-0.15, -0.1) is 0 Å². The lowest BCUT2D eigenvalue weighted by Gasteiger charge is -2.51. The summed E-state index contributed by atoms with van der Waals surface area (Å²) in [5.74, 6) is 3.67. The summed E-state index contributed by atoms with van der Waals surface area (Å²) in [5.41, 5.74) is 1.39. The van der Waals surface area contributed by atoms with Gasteiger partial charge in [-0.25, -0.2) is 0 Å². The third kappa shape index (κ3) is 2.81. The molecule has 0 saturated carbocycles. The predicted molar refractivity (Wildman–Crippen MR) is 103 cm³/mol. The summed E-state index contributed by atoms with van der Waals surface area (Å²) in [7, 11) is 1.72. The monoisotopic (exact) mass is 368 g/mol. The molecule has 6 heteroatoms. The van der Waals surface area contributed by atoms with Crippen LogP contribution in [0.4, 0.5) is 5.95 Å². The maximum atomic E-state index is 5.52. The quantitative estimate of drug-likeness (QED) is 0.808. The molecule has 27 heavy (non-hydrogen) atoms. The van der Waals surface area contributed by atoms with E-state index in [0.29, 0.717) is 18.0 Å².